The third-order valence-corrected chi connectivity index (χ3v) is 3.26. The van der Waals surface area contributed by atoms with Crippen LogP contribution in [0.1, 0.15) is 5.56 Å². The van der Waals surface area contributed by atoms with Crippen LogP contribution in [-0.4, -0.2) is 43.9 Å². The van der Waals surface area contributed by atoms with Crippen LogP contribution in [0.5, 0.6) is 0 Å². The number of para-hydroxylation sites is 1. The maximum absolute atomic E-state index is 12.9. The molecule has 0 amide bonds. The minimum absolute atomic E-state index is 0.223. The molecule has 0 aliphatic carbocycles. The van der Waals surface area contributed by atoms with Crippen molar-refractivity contribution in [1.29, 1.82) is 0 Å². The van der Waals surface area contributed by atoms with Gasteiger partial charge in [-0.25, -0.2) is 0 Å². The van der Waals surface area contributed by atoms with Gasteiger partial charge in [-0.05, 0) is 12.1 Å². The predicted molar refractivity (Wildman–Crippen MR) is 66.2 cm³/mol. The van der Waals surface area contributed by atoms with Gasteiger partial charge in [0.25, 0.3) is 0 Å². The Morgan fingerprint density at radius 1 is 1.11 bits per heavy atom. The molecule has 0 radical (unpaired) electrons. The Morgan fingerprint density at radius 2 is 1.74 bits per heavy atom. The van der Waals surface area contributed by atoms with Crippen LogP contribution in [0.25, 0.3) is 0 Å². The third kappa shape index (κ3) is 3.26. The fourth-order valence-electron chi connectivity index (χ4n) is 2.27. The zero-order valence-electron chi connectivity index (χ0n) is 10.4. The molecule has 19 heavy (non-hydrogen) atoms. The van der Waals surface area contributed by atoms with Gasteiger partial charge in [0.2, 0.25) is 0 Å². The highest BCUT2D eigenvalue weighted by Gasteiger charge is 2.35. The Morgan fingerprint density at radius 3 is 2.32 bits per heavy atom. The second kappa shape index (κ2) is 5.61. The molecule has 0 spiro atoms. The lowest BCUT2D eigenvalue weighted by atomic mass is 10.1. The monoisotopic (exact) mass is 272 g/mol. The molecule has 1 heterocycles. The summed E-state index contributed by atoms with van der Waals surface area (Å²) in [6.45, 7) is 2.55. The Hall–Kier alpha value is -1.56. The molecule has 1 aliphatic rings. The van der Waals surface area contributed by atoms with E-state index < -0.39 is 11.7 Å². The van der Waals surface area contributed by atoms with Crippen LogP contribution in [-0.2, 0) is 11.0 Å². The number of halogens is 3. The van der Waals surface area contributed by atoms with Gasteiger partial charge in [-0.15, -0.1) is 0 Å². The molecule has 0 N–H and O–H groups in total. The van der Waals surface area contributed by atoms with Crippen molar-refractivity contribution in [2.45, 2.75) is 6.18 Å². The van der Waals surface area contributed by atoms with Gasteiger partial charge < -0.3 is 9.69 Å². The van der Waals surface area contributed by atoms with Gasteiger partial charge in [0.05, 0.1) is 12.1 Å². The van der Waals surface area contributed by atoms with Crippen LogP contribution >= 0.6 is 0 Å². The number of anilines is 1. The Kier molecular flexibility index (Phi) is 4.09. The van der Waals surface area contributed by atoms with Crippen LogP contribution in [0.3, 0.4) is 0 Å². The van der Waals surface area contributed by atoms with E-state index in [2.05, 4.69) is 0 Å². The van der Waals surface area contributed by atoms with Gasteiger partial charge in [-0.2, -0.15) is 13.2 Å². The summed E-state index contributed by atoms with van der Waals surface area (Å²) < 4.78 is 38.8. The first-order chi connectivity index (χ1) is 9.02. The molecule has 3 nitrogen and oxygen atoms in total. The molecule has 6 heteroatoms. The molecular weight excluding hydrogens is 257 g/mol. The number of alkyl halides is 3. The van der Waals surface area contributed by atoms with E-state index in [9.17, 15) is 18.0 Å². The van der Waals surface area contributed by atoms with E-state index >= 15 is 0 Å². The van der Waals surface area contributed by atoms with Gasteiger partial charge in [0, 0.05) is 31.9 Å². The highest BCUT2D eigenvalue weighted by Crippen LogP contribution is 2.36. The summed E-state index contributed by atoms with van der Waals surface area (Å²) in [6.07, 6.45) is -3.52. The number of hydrogen-bond donors (Lipinski definition) is 0. The Balaban J connectivity index is 2.14. The molecule has 0 atom stereocenters. The summed E-state index contributed by atoms with van der Waals surface area (Å²) in [5.74, 6) is 0. The zero-order chi connectivity index (χ0) is 13.9. The number of nitrogens with zero attached hydrogens (tertiary/aromatic N) is 2. The van der Waals surface area contributed by atoms with E-state index in [1.165, 1.54) is 12.1 Å². The first-order valence-electron chi connectivity index (χ1n) is 6.09. The highest BCUT2D eigenvalue weighted by molar-refractivity contribution is 5.56. The smallest absolute Gasteiger partial charge is 0.368 e. The van der Waals surface area contributed by atoms with E-state index in [4.69, 9.17) is 0 Å². The minimum atomic E-state index is -4.34. The maximum atomic E-state index is 12.9. The number of piperazine rings is 1. The number of aldehydes is 1. The first-order valence-corrected chi connectivity index (χ1v) is 6.09. The van der Waals surface area contributed by atoms with Crippen LogP contribution in [0.2, 0.25) is 0 Å². The fraction of sp³-hybridized carbons (Fsp3) is 0.462. The van der Waals surface area contributed by atoms with Crippen molar-refractivity contribution in [2.24, 2.45) is 0 Å². The summed E-state index contributed by atoms with van der Waals surface area (Å²) in [4.78, 5) is 14.1. The second-order valence-corrected chi connectivity index (χ2v) is 4.47. The second-order valence-electron chi connectivity index (χ2n) is 4.47. The van der Waals surface area contributed by atoms with E-state index in [1.807, 2.05) is 4.90 Å². The molecular formula is C13H15F3N2O. The summed E-state index contributed by atoms with van der Waals surface area (Å²) in [6, 6.07) is 5.61. The molecule has 0 aromatic heterocycles. The number of hydrogen-bond acceptors (Lipinski definition) is 3. The van der Waals surface area contributed by atoms with Crippen LogP contribution in [0, 0.1) is 0 Å². The van der Waals surface area contributed by atoms with Gasteiger partial charge in [-0.1, -0.05) is 12.1 Å². The average Bonchev–Trinajstić information content (AvgIpc) is 2.39. The van der Waals surface area contributed by atoms with Crippen molar-refractivity contribution in [3.05, 3.63) is 29.8 Å². The van der Waals surface area contributed by atoms with Gasteiger partial charge in [0.1, 0.15) is 6.29 Å². The number of carbonyl (C=O) groups excluding carboxylic acids is 1. The predicted octanol–water partition coefficient (Wildman–Crippen LogP) is 2.03. The van der Waals surface area contributed by atoms with Crippen molar-refractivity contribution in [2.75, 3.05) is 37.6 Å². The lowest BCUT2D eigenvalue weighted by Gasteiger charge is -2.36. The summed E-state index contributed by atoms with van der Waals surface area (Å²) >= 11 is 0. The van der Waals surface area contributed by atoms with E-state index in [0.29, 0.717) is 32.7 Å². The van der Waals surface area contributed by atoms with Gasteiger partial charge >= 0.3 is 6.18 Å². The molecule has 0 saturated carbocycles. The van der Waals surface area contributed by atoms with Crippen LogP contribution < -0.4 is 4.90 Å². The average molecular weight is 272 g/mol. The van der Waals surface area contributed by atoms with Gasteiger partial charge in [-0.3, -0.25) is 4.90 Å². The minimum Gasteiger partial charge on any atom is -0.368 e. The first kappa shape index (κ1) is 13.9. The molecule has 1 fully saturated rings. The van der Waals surface area contributed by atoms with E-state index in [1.54, 1.807) is 11.0 Å². The molecule has 1 aromatic rings. The number of rotatable bonds is 3. The molecule has 0 unspecified atom stereocenters. The normalized spacial score (nSPS) is 17.5. The number of benzene rings is 1. The topological polar surface area (TPSA) is 23.6 Å². The van der Waals surface area contributed by atoms with Crippen LogP contribution in [0.4, 0.5) is 18.9 Å². The standard InChI is InChI=1S/C13H15F3N2O/c14-13(15,16)11-3-1-2-4-12(11)18-7-5-17(6-8-18)9-10-19/h1-4,10H,5-9H2. The highest BCUT2D eigenvalue weighted by atomic mass is 19.4. The van der Waals surface area contributed by atoms with E-state index in [0.717, 1.165) is 12.4 Å². The summed E-state index contributed by atoms with van der Waals surface area (Å²) in [5, 5.41) is 0. The molecule has 1 aromatic carbocycles. The van der Waals surface area contributed by atoms with Crippen LogP contribution in [0.15, 0.2) is 24.3 Å². The van der Waals surface area contributed by atoms with Crippen molar-refractivity contribution < 1.29 is 18.0 Å². The zero-order valence-corrected chi connectivity index (χ0v) is 10.4. The van der Waals surface area contributed by atoms with Crippen molar-refractivity contribution in [3.63, 3.8) is 0 Å². The fourth-order valence-corrected chi connectivity index (χ4v) is 2.27. The maximum Gasteiger partial charge on any atom is 0.418 e. The summed E-state index contributed by atoms with van der Waals surface area (Å²) in [7, 11) is 0. The SMILES string of the molecule is O=CCN1CCN(c2ccccc2C(F)(F)F)CC1. The molecule has 1 aliphatic heterocycles. The quantitative estimate of drug-likeness (QED) is 0.787. The molecule has 2 rings (SSSR count). The lowest BCUT2D eigenvalue weighted by molar-refractivity contribution is -0.137. The molecule has 104 valence electrons. The Labute approximate surface area is 109 Å². The van der Waals surface area contributed by atoms with Crippen molar-refractivity contribution in [3.8, 4) is 0 Å². The molecule has 1 saturated heterocycles. The Bertz CT molecular complexity index is 440. The summed E-state index contributed by atoms with van der Waals surface area (Å²) in [5.41, 5.74) is -0.375. The largest absolute Gasteiger partial charge is 0.418 e. The molecule has 0 bridgehead atoms. The lowest BCUT2D eigenvalue weighted by Crippen LogP contribution is -2.47. The van der Waals surface area contributed by atoms with Gasteiger partial charge in [0.15, 0.2) is 0 Å². The van der Waals surface area contributed by atoms with Crippen molar-refractivity contribution >= 4 is 12.0 Å². The van der Waals surface area contributed by atoms with E-state index in [-0.39, 0.29) is 5.69 Å². The third-order valence-electron chi connectivity index (χ3n) is 3.26. The number of carbonyl (C=O) groups is 1. The van der Waals surface area contributed by atoms with Crippen molar-refractivity contribution in [1.82, 2.24) is 4.90 Å².